The van der Waals surface area contributed by atoms with Crippen molar-refractivity contribution in [1.82, 2.24) is 0 Å². The van der Waals surface area contributed by atoms with Gasteiger partial charge in [0.2, 0.25) is 0 Å². The Labute approximate surface area is 88.0 Å². The zero-order chi connectivity index (χ0) is 11.3. The summed E-state index contributed by atoms with van der Waals surface area (Å²) in [4.78, 5) is 0. The van der Waals surface area contributed by atoms with Crippen molar-refractivity contribution in [1.29, 1.82) is 0 Å². The van der Waals surface area contributed by atoms with Crippen LogP contribution in [-0.2, 0) is 4.74 Å². The molecule has 0 aromatic rings. The van der Waals surface area contributed by atoms with Gasteiger partial charge >= 0.3 is 6.18 Å². The van der Waals surface area contributed by atoms with Crippen LogP contribution >= 0.6 is 0 Å². The number of hydrogen-bond acceptors (Lipinski definition) is 2. The van der Waals surface area contributed by atoms with Gasteiger partial charge in [-0.15, -0.1) is 0 Å². The lowest BCUT2D eigenvalue weighted by molar-refractivity contribution is -0.185. The highest BCUT2D eigenvalue weighted by atomic mass is 19.4. The van der Waals surface area contributed by atoms with Crippen LogP contribution in [0.5, 0.6) is 0 Å². The molecule has 2 nitrogen and oxygen atoms in total. The Morgan fingerprint density at radius 2 is 2.00 bits per heavy atom. The molecule has 1 rings (SSSR count). The van der Waals surface area contributed by atoms with Crippen molar-refractivity contribution in [2.45, 2.75) is 31.9 Å². The van der Waals surface area contributed by atoms with E-state index < -0.39 is 18.6 Å². The van der Waals surface area contributed by atoms with E-state index in [0.29, 0.717) is 12.5 Å². The van der Waals surface area contributed by atoms with Gasteiger partial charge in [0.15, 0.2) is 0 Å². The van der Waals surface area contributed by atoms with Gasteiger partial charge in [-0.25, -0.2) is 0 Å². The van der Waals surface area contributed by atoms with E-state index in [4.69, 9.17) is 10.5 Å². The van der Waals surface area contributed by atoms with E-state index >= 15 is 0 Å². The Morgan fingerprint density at radius 1 is 1.33 bits per heavy atom. The summed E-state index contributed by atoms with van der Waals surface area (Å²) in [5.74, 6) is -0.842. The zero-order valence-electron chi connectivity index (χ0n) is 8.72. The third-order valence-electron chi connectivity index (χ3n) is 2.96. The highest BCUT2D eigenvalue weighted by Gasteiger charge is 2.38. The van der Waals surface area contributed by atoms with Crippen molar-refractivity contribution in [2.24, 2.45) is 17.6 Å². The fourth-order valence-electron chi connectivity index (χ4n) is 1.55. The number of halogens is 3. The van der Waals surface area contributed by atoms with Crippen LogP contribution in [0.4, 0.5) is 13.2 Å². The summed E-state index contributed by atoms with van der Waals surface area (Å²) in [6, 6.07) is 0. The van der Waals surface area contributed by atoms with E-state index in [2.05, 4.69) is 0 Å². The Morgan fingerprint density at radius 3 is 2.40 bits per heavy atom. The van der Waals surface area contributed by atoms with Gasteiger partial charge in [0.05, 0.1) is 12.5 Å². The molecule has 1 fully saturated rings. The molecular formula is C10H18F3NO. The number of nitrogens with two attached hydrogens (primary N) is 1. The first-order valence-electron chi connectivity index (χ1n) is 5.38. The van der Waals surface area contributed by atoms with Gasteiger partial charge in [0, 0.05) is 13.2 Å². The van der Waals surface area contributed by atoms with Crippen molar-refractivity contribution in [3.05, 3.63) is 0 Å². The number of ether oxygens (including phenoxy) is 1. The molecule has 0 aliphatic heterocycles. The van der Waals surface area contributed by atoms with Crippen LogP contribution < -0.4 is 5.73 Å². The highest BCUT2D eigenvalue weighted by Crippen LogP contribution is 2.29. The van der Waals surface area contributed by atoms with Gasteiger partial charge in [-0.1, -0.05) is 19.3 Å². The summed E-state index contributed by atoms with van der Waals surface area (Å²) < 4.78 is 41.7. The molecule has 0 saturated heterocycles. The second-order valence-electron chi connectivity index (χ2n) is 4.13. The topological polar surface area (TPSA) is 35.2 Å². The first-order valence-corrected chi connectivity index (χ1v) is 5.38. The molecule has 1 aliphatic rings. The first kappa shape index (κ1) is 12.8. The first-order chi connectivity index (χ1) is 7.04. The normalized spacial score (nSPS) is 20.0. The van der Waals surface area contributed by atoms with Crippen LogP contribution in [0.1, 0.15) is 25.7 Å². The minimum absolute atomic E-state index is 0.299. The molecule has 0 bridgehead atoms. The van der Waals surface area contributed by atoms with E-state index in [1.54, 1.807) is 0 Å². The van der Waals surface area contributed by atoms with Gasteiger partial charge < -0.3 is 10.5 Å². The van der Waals surface area contributed by atoms with Crippen molar-refractivity contribution < 1.29 is 17.9 Å². The molecule has 1 aliphatic carbocycles. The molecule has 0 aromatic carbocycles. The molecule has 0 aromatic heterocycles. The Balaban J connectivity index is 2.06. The number of rotatable bonds is 6. The van der Waals surface area contributed by atoms with Crippen molar-refractivity contribution >= 4 is 0 Å². The van der Waals surface area contributed by atoms with Crippen LogP contribution in [0.3, 0.4) is 0 Å². The molecule has 2 N–H and O–H groups in total. The maximum absolute atomic E-state index is 12.2. The standard InChI is InChI=1S/C10H18F3NO/c11-10(12,13)9(6-14)7-15-5-4-8-2-1-3-8/h8-9H,1-7,14H2. The summed E-state index contributed by atoms with van der Waals surface area (Å²) in [5.41, 5.74) is 5.04. The summed E-state index contributed by atoms with van der Waals surface area (Å²) in [6.07, 6.45) is 0.297. The maximum Gasteiger partial charge on any atom is 0.395 e. The predicted octanol–water partition coefficient (Wildman–Crippen LogP) is 2.33. The minimum Gasteiger partial charge on any atom is -0.381 e. The van der Waals surface area contributed by atoms with Gasteiger partial charge in [0.25, 0.3) is 0 Å². The SMILES string of the molecule is NCC(COCCC1CCC1)C(F)(F)F. The fraction of sp³-hybridized carbons (Fsp3) is 1.00. The molecule has 1 unspecified atom stereocenters. The number of alkyl halides is 3. The zero-order valence-corrected chi connectivity index (χ0v) is 8.72. The van der Waals surface area contributed by atoms with Gasteiger partial charge in [-0.3, -0.25) is 0 Å². The highest BCUT2D eigenvalue weighted by molar-refractivity contribution is 4.70. The van der Waals surface area contributed by atoms with E-state index in [9.17, 15) is 13.2 Å². The lowest BCUT2D eigenvalue weighted by Crippen LogP contribution is -2.34. The van der Waals surface area contributed by atoms with Crippen LogP contribution in [0, 0.1) is 11.8 Å². The monoisotopic (exact) mass is 225 g/mol. The third kappa shape index (κ3) is 4.38. The molecule has 0 heterocycles. The minimum atomic E-state index is -4.23. The molecule has 0 spiro atoms. The summed E-state index contributed by atoms with van der Waals surface area (Å²) in [7, 11) is 0. The van der Waals surface area contributed by atoms with Crippen LogP contribution in [0.2, 0.25) is 0 Å². The smallest absolute Gasteiger partial charge is 0.381 e. The lowest BCUT2D eigenvalue weighted by atomic mass is 9.83. The molecule has 1 atom stereocenters. The fourth-order valence-corrected chi connectivity index (χ4v) is 1.55. The van der Waals surface area contributed by atoms with Crippen LogP contribution in [-0.4, -0.2) is 25.9 Å². The Hall–Kier alpha value is -0.290. The average molecular weight is 225 g/mol. The molecule has 0 amide bonds. The van der Waals surface area contributed by atoms with E-state index in [0.717, 1.165) is 6.42 Å². The molecular weight excluding hydrogens is 207 g/mol. The lowest BCUT2D eigenvalue weighted by Gasteiger charge is -2.25. The Bertz CT molecular complexity index is 180. The average Bonchev–Trinajstić information content (AvgIpc) is 2.05. The molecule has 5 heteroatoms. The number of hydrogen-bond donors (Lipinski definition) is 1. The van der Waals surface area contributed by atoms with E-state index in [1.165, 1.54) is 19.3 Å². The second-order valence-corrected chi connectivity index (χ2v) is 4.13. The maximum atomic E-state index is 12.2. The van der Waals surface area contributed by atoms with Gasteiger partial charge in [-0.2, -0.15) is 13.2 Å². The molecule has 1 saturated carbocycles. The van der Waals surface area contributed by atoms with E-state index in [-0.39, 0.29) is 6.61 Å². The largest absolute Gasteiger partial charge is 0.395 e. The van der Waals surface area contributed by atoms with Crippen molar-refractivity contribution in [2.75, 3.05) is 19.8 Å². The third-order valence-corrected chi connectivity index (χ3v) is 2.96. The van der Waals surface area contributed by atoms with Gasteiger partial charge in [-0.05, 0) is 12.3 Å². The molecule has 0 radical (unpaired) electrons. The van der Waals surface area contributed by atoms with Crippen LogP contribution in [0.15, 0.2) is 0 Å². The second kappa shape index (κ2) is 5.70. The van der Waals surface area contributed by atoms with Crippen LogP contribution in [0.25, 0.3) is 0 Å². The molecule has 90 valence electrons. The summed E-state index contributed by atoms with van der Waals surface area (Å²) in [6.45, 7) is -0.267. The van der Waals surface area contributed by atoms with Crippen molar-refractivity contribution in [3.8, 4) is 0 Å². The Kier molecular flexibility index (Phi) is 4.86. The van der Waals surface area contributed by atoms with Crippen molar-refractivity contribution in [3.63, 3.8) is 0 Å². The molecule has 15 heavy (non-hydrogen) atoms. The predicted molar refractivity (Wildman–Crippen MR) is 51.4 cm³/mol. The summed E-state index contributed by atoms with van der Waals surface area (Å²) in [5, 5.41) is 0. The van der Waals surface area contributed by atoms with E-state index in [1.807, 2.05) is 0 Å². The summed E-state index contributed by atoms with van der Waals surface area (Å²) >= 11 is 0. The van der Waals surface area contributed by atoms with Gasteiger partial charge in [0.1, 0.15) is 0 Å². The quantitative estimate of drug-likeness (QED) is 0.704.